The summed E-state index contributed by atoms with van der Waals surface area (Å²) in [4.78, 5) is 23.8. The highest BCUT2D eigenvalue weighted by Gasteiger charge is 2.10. The minimum absolute atomic E-state index is 0.154. The fraction of sp³-hybridized carbons (Fsp3) is 0.889. The summed E-state index contributed by atoms with van der Waals surface area (Å²) in [7, 11) is 0. The maximum Gasteiger partial charge on any atom is 0.313 e. The average Bonchev–Trinajstić information content (AvgIpc) is 2.94. The van der Waals surface area contributed by atoms with Gasteiger partial charge in [-0.3, -0.25) is 9.59 Å². The van der Waals surface area contributed by atoms with Crippen LogP contribution >= 0.6 is 0 Å². The van der Waals surface area contributed by atoms with Crippen LogP contribution in [0.5, 0.6) is 0 Å². The molecule has 4 heteroatoms. The van der Waals surface area contributed by atoms with Gasteiger partial charge >= 0.3 is 11.9 Å². The van der Waals surface area contributed by atoms with Crippen LogP contribution in [0.2, 0.25) is 0 Å². The average molecular weight is 565 g/mol. The van der Waals surface area contributed by atoms with Gasteiger partial charge in [0.05, 0.1) is 6.10 Å². The standard InChI is InChI=1S/C36H68O4/c1-3-5-7-9-11-12-13-14-15-16-17-18-20-24-28-32-35(38)40-36(39)33-29-25-21-23-27-31-34(37)30-26-22-19-10-8-6-4-2/h14-15,34,37H,3-13,16-33H2,1-2H3/b15-14-. The van der Waals surface area contributed by atoms with Gasteiger partial charge in [-0.2, -0.15) is 0 Å². The topological polar surface area (TPSA) is 63.6 Å². The summed E-state index contributed by atoms with van der Waals surface area (Å²) in [5, 5.41) is 10.1. The molecule has 0 aromatic rings. The molecule has 0 aliphatic rings. The van der Waals surface area contributed by atoms with Crippen molar-refractivity contribution in [3.05, 3.63) is 12.2 Å². The molecule has 0 amide bonds. The fourth-order valence-electron chi connectivity index (χ4n) is 5.23. The molecule has 0 aliphatic carbocycles. The largest absolute Gasteiger partial charge is 0.393 e. The van der Waals surface area contributed by atoms with Gasteiger partial charge in [-0.15, -0.1) is 0 Å². The van der Waals surface area contributed by atoms with Crippen molar-refractivity contribution in [1.29, 1.82) is 0 Å². The number of hydrogen-bond acceptors (Lipinski definition) is 4. The van der Waals surface area contributed by atoms with E-state index in [4.69, 9.17) is 4.74 Å². The first kappa shape index (κ1) is 38.8. The van der Waals surface area contributed by atoms with Crippen LogP contribution in [0, 0.1) is 0 Å². The maximum atomic E-state index is 11.9. The molecule has 0 bridgehead atoms. The first-order valence-corrected chi connectivity index (χ1v) is 17.7. The quantitative estimate of drug-likeness (QED) is 0.0393. The van der Waals surface area contributed by atoms with Crippen LogP contribution in [0.15, 0.2) is 12.2 Å². The number of allylic oxidation sites excluding steroid dienone is 2. The number of aliphatic hydroxyl groups excluding tert-OH is 1. The Labute approximate surface area is 249 Å². The van der Waals surface area contributed by atoms with Crippen molar-refractivity contribution in [2.75, 3.05) is 0 Å². The fourth-order valence-corrected chi connectivity index (χ4v) is 5.23. The molecule has 0 saturated heterocycles. The summed E-state index contributed by atoms with van der Waals surface area (Å²) in [5.41, 5.74) is 0. The predicted octanol–water partition coefficient (Wildman–Crippen LogP) is 11.3. The number of carbonyl (C=O) groups excluding carboxylic acids is 2. The molecule has 1 unspecified atom stereocenters. The van der Waals surface area contributed by atoms with E-state index in [2.05, 4.69) is 26.0 Å². The minimum atomic E-state index is -0.372. The van der Waals surface area contributed by atoms with E-state index in [-0.39, 0.29) is 18.0 Å². The Hall–Kier alpha value is -1.16. The minimum Gasteiger partial charge on any atom is -0.393 e. The molecule has 0 rings (SSSR count). The summed E-state index contributed by atoms with van der Waals surface area (Å²) in [6, 6.07) is 0. The summed E-state index contributed by atoms with van der Waals surface area (Å²) in [6.45, 7) is 4.51. The van der Waals surface area contributed by atoms with Crippen LogP contribution in [-0.4, -0.2) is 23.1 Å². The first-order valence-electron chi connectivity index (χ1n) is 17.7. The molecule has 4 nitrogen and oxygen atoms in total. The van der Waals surface area contributed by atoms with Gasteiger partial charge in [0.25, 0.3) is 0 Å². The highest BCUT2D eigenvalue weighted by molar-refractivity contribution is 5.85. The number of esters is 2. The normalized spacial score (nSPS) is 12.3. The van der Waals surface area contributed by atoms with Crippen molar-refractivity contribution in [3.63, 3.8) is 0 Å². The monoisotopic (exact) mass is 565 g/mol. The third-order valence-electron chi connectivity index (χ3n) is 7.93. The van der Waals surface area contributed by atoms with Gasteiger partial charge in [-0.25, -0.2) is 0 Å². The number of carbonyl (C=O) groups is 2. The molecule has 1 N–H and O–H groups in total. The second-order valence-electron chi connectivity index (χ2n) is 12.1. The summed E-state index contributed by atoms with van der Waals surface area (Å²) in [6.07, 6.45) is 37.0. The van der Waals surface area contributed by atoms with E-state index in [9.17, 15) is 14.7 Å². The highest BCUT2D eigenvalue weighted by Crippen LogP contribution is 2.15. The third kappa shape index (κ3) is 31.4. The molecular formula is C36H68O4. The van der Waals surface area contributed by atoms with Gasteiger partial charge in [0, 0.05) is 12.8 Å². The van der Waals surface area contributed by atoms with E-state index in [1.54, 1.807) is 0 Å². The van der Waals surface area contributed by atoms with E-state index in [1.807, 2.05) is 0 Å². The number of ether oxygens (including phenoxy) is 1. The van der Waals surface area contributed by atoms with Gasteiger partial charge in [-0.05, 0) is 51.4 Å². The zero-order valence-electron chi connectivity index (χ0n) is 26.9. The van der Waals surface area contributed by atoms with Gasteiger partial charge in [0.2, 0.25) is 0 Å². The van der Waals surface area contributed by atoms with E-state index < -0.39 is 0 Å². The van der Waals surface area contributed by atoms with E-state index in [1.165, 1.54) is 96.3 Å². The lowest BCUT2D eigenvalue weighted by Gasteiger charge is -2.10. The molecule has 40 heavy (non-hydrogen) atoms. The van der Waals surface area contributed by atoms with Crippen LogP contribution in [0.1, 0.15) is 200 Å². The smallest absolute Gasteiger partial charge is 0.313 e. The summed E-state index contributed by atoms with van der Waals surface area (Å²) >= 11 is 0. The van der Waals surface area contributed by atoms with Crippen LogP contribution < -0.4 is 0 Å². The Kier molecular flexibility index (Phi) is 31.4. The Morgan fingerprint density at radius 2 is 0.825 bits per heavy atom. The second-order valence-corrected chi connectivity index (χ2v) is 12.1. The molecule has 0 fully saturated rings. The predicted molar refractivity (Wildman–Crippen MR) is 171 cm³/mol. The van der Waals surface area contributed by atoms with Gasteiger partial charge < -0.3 is 9.84 Å². The SMILES string of the molecule is CCCCCCCC/C=C\CCCCCCCC(=O)OC(=O)CCCCCCCC(O)CCCCCCCCC. The van der Waals surface area contributed by atoms with Crippen molar-refractivity contribution in [2.45, 2.75) is 206 Å². The Bertz CT molecular complexity index is 571. The maximum absolute atomic E-state index is 11.9. The van der Waals surface area contributed by atoms with Crippen LogP contribution in [-0.2, 0) is 14.3 Å². The number of aliphatic hydroxyl groups is 1. The molecular weight excluding hydrogens is 496 g/mol. The Balaban J connectivity index is 3.41. The Morgan fingerprint density at radius 1 is 0.500 bits per heavy atom. The van der Waals surface area contributed by atoms with Crippen molar-refractivity contribution in [2.24, 2.45) is 0 Å². The van der Waals surface area contributed by atoms with Gasteiger partial charge in [-0.1, -0.05) is 148 Å². The zero-order chi connectivity index (χ0) is 29.4. The number of hydrogen-bond donors (Lipinski definition) is 1. The molecule has 0 saturated carbocycles. The number of unbranched alkanes of at least 4 members (excludes halogenated alkanes) is 21. The lowest BCUT2D eigenvalue weighted by molar-refractivity contribution is -0.159. The van der Waals surface area contributed by atoms with Crippen LogP contribution in [0.3, 0.4) is 0 Å². The molecule has 0 spiro atoms. The lowest BCUT2D eigenvalue weighted by atomic mass is 10.0. The third-order valence-corrected chi connectivity index (χ3v) is 7.93. The number of rotatable bonds is 31. The van der Waals surface area contributed by atoms with Crippen molar-refractivity contribution in [1.82, 2.24) is 0 Å². The van der Waals surface area contributed by atoms with Crippen LogP contribution in [0.4, 0.5) is 0 Å². The zero-order valence-corrected chi connectivity index (χ0v) is 26.9. The van der Waals surface area contributed by atoms with E-state index >= 15 is 0 Å². The highest BCUT2D eigenvalue weighted by atomic mass is 16.6. The molecule has 0 aliphatic heterocycles. The first-order chi connectivity index (χ1) is 19.6. The summed E-state index contributed by atoms with van der Waals surface area (Å²) in [5.74, 6) is -0.736. The summed E-state index contributed by atoms with van der Waals surface area (Å²) < 4.78 is 4.98. The molecule has 0 radical (unpaired) electrons. The van der Waals surface area contributed by atoms with Crippen molar-refractivity contribution >= 4 is 11.9 Å². The molecule has 1 atom stereocenters. The Morgan fingerprint density at radius 3 is 1.23 bits per heavy atom. The molecule has 236 valence electrons. The van der Waals surface area contributed by atoms with Gasteiger partial charge in [0.1, 0.15) is 0 Å². The van der Waals surface area contributed by atoms with Crippen molar-refractivity contribution in [3.8, 4) is 0 Å². The lowest BCUT2D eigenvalue weighted by Crippen LogP contribution is -2.11. The molecule has 0 aromatic heterocycles. The molecule has 0 aromatic carbocycles. The molecule has 0 heterocycles. The van der Waals surface area contributed by atoms with E-state index in [0.29, 0.717) is 12.8 Å². The van der Waals surface area contributed by atoms with E-state index in [0.717, 1.165) is 77.0 Å². The van der Waals surface area contributed by atoms with Crippen molar-refractivity contribution < 1.29 is 19.4 Å². The van der Waals surface area contributed by atoms with Crippen LogP contribution in [0.25, 0.3) is 0 Å². The van der Waals surface area contributed by atoms with Gasteiger partial charge in [0.15, 0.2) is 0 Å². The second kappa shape index (κ2) is 32.4.